The van der Waals surface area contributed by atoms with E-state index in [9.17, 15) is 0 Å². The molecular formula is C14H21N3. The fraction of sp³-hybridized carbons (Fsp3) is 0.500. The van der Waals surface area contributed by atoms with E-state index in [2.05, 4.69) is 61.3 Å². The van der Waals surface area contributed by atoms with Crippen LogP contribution in [-0.4, -0.2) is 25.7 Å². The largest absolute Gasteiger partial charge is 0.372 e. The van der Waals surface area contributed by atoms with Gasteiger partial charge in [-0.3, -0.25) is 5.32 Å². The van der Waals surface area contributed by atoms with Crippen LogP contribution >= 0.6 is 0 Å². The summed E-state index contributed by atoms with van der Waals surface area (Å²) in [4.78, 5) is 2.10. The average molecular weight is 231 g/mol. The van der Waals surface area contributed by atoms with Gasteiger partial charge in [-0.25, -0.2) is 0 Å². The summed E-state index contributed by atoms with van der Waals surface area (Å²) in [5, 5.41) is 12.3. The van der Waals surface area contributed by atoms with Crippen molar-refractivity contribution < 1.29 is 0 Å². The van der Waals surface area contributed by atoms with Crippen molar-refractivity contribution in [1.82, 2.24) is 5.32 Å². The van der Waals surface area contributed by atoms with Crippen LogP contribution in [0.2, 0.25) is 0 Å². The number of hydrogen-bond donors (Lipinski definition) is 1. The normalized spacial score (nSPS) is 12.2. The van der Waals surface area contributed by atoms with E-state index in [0.29, 0.717) is 12.6 Å². The maximum Gasteiger partial charge on any atom is 0.113 e. The van der Waals surface area contributed by atoms with Crippen molar-refractivity contribution >= 4 is 5.69 Å². The first-order chi connectivity index (χ1) is 8.02. The zero-order chi connectivity index (χ0) is 12.8. The van der Waals surface area contributed by atoms with Gasteiger partial charge in [-0.2, -0.15) is 5.26 Å². The molecule has 17 heavy (non-hydrogen) atoms. The molecule has 0 saturated carbocycles. The molecule has 0 fully saturated rings. The first kappa shape index (κ1) is 13.5. The first-order valence-electron chi connectivity index (χ1n) is 5.96. The van der Waals surface area contributed by atoms with Crippen molar-refractivity contribution in [2.45, 2.75) is 32.9 Å². The van der Waals surface area contributed by atoms with E-state index >= 15 is 0 Å². The fourth-order valence-corrected chi connectivity index (χ4v) is 1.71. The number of benzene rings is 1. The maximum atomic E-state index is 9.08. The highest BCUT2D eigenvalue weighted by Crippen LogP contribution is 2.13. The van der Waals surface area contributed by atoms with Gasteiger partial charge in [-0.05, 0) is 32.9 Å². The zero-order valence-electron chi connectivity index (χ0n) is 11.1. The lowest BCUT2D eigenvalue weighted by Gasteiger charge is -2.24. The molecule has 0 aliphatic rings. The Labute approximate surface area is 104 Å². The molecule has 0 aliphatic heterocycles. The zero-order valence-corrected chi connectivity index (χ0v) is 11.1. The minimum absolute atomic E-state index is 0.138. The summed E-state index contributed by atoms with van der Waals surface area (Å²) in [5.74, 6) is 0. The van der Waals surface area contributed by atoms with Crippen molar-refractivity contribution in [1.29, 1.82) is 5.26 Å². The third-order valence-electron chi connectivity index (χ3n) is 2.62. The lowest BCUT2D eigenvalue weighted by molar-refractivity contribution is 0.528. The topological polar surface area (TPSA) is 39.1 Å². The van der Waals surface area contributed by atoms with Gasteiger partial charge in [-0.15, -0.1) is 0 Å². The summed E-state index contributed by atoms with van der Waals surface area (Å²) < 4.78 is 0. The number of anilines is 1. The standard InChI is InChI=1S/C14H21N3/c1-11(2)16-13(9-15)10-17(4)14-7-5-12(3)6-8-14/h5-8,11,13,16H,10H2,1-4H3. The molecule has 0 spiro atoms. The third-order valence-corrected chi connectivity index (χ3v) is 2.62. The smallest absolute Gasteiger partial charge is 0.113 e. The van der Waals surface area contributed by atoms with Crippen LogP contribution in [0, 0.1) is 18.3 Å². The highest BCUT2D eigenvalue weighted by Gasteiger charge is 2.11. The molecule has 1 rings (SSSR count). The quantitative estimate of drug-likeness (QED) is 0.845. The molecule has 3 heteroatoms. The molecule has 0 aliphatic carbocycles. The van der Waals surface area contributed by atoms with Crippen LogP contribution in [0.1, 0.15) is 19.4 Å². The Morgan fingerprint density at radius 3 is 2.35 bits per heavy atom. The van der Waals surface area contributed by atoms with Crippen LogP contribution in [0.25, 0.3) is 0 Å². The van der Waals surface area contributed by atoms with Gasteiger partial charge >= 0.3 is 0 Å². The monoisotopic (exact) mass is 231 g/mol. The molecule has 1 aromatic rings. The number of rotatable bonds is 5. The van der Waals surface area contributed by atoms with E-state index in [1.807, 2.05) is 7.05 Å². The summed E-state index contributed by atoms with van der Waals surface area (Å²) in [6.45, 7) is 6.87. The van der Waals surface area contributed by atoms with Crippen LogP contribution in [0.4, 0.5) is 5.69 Å². The van der Waals surface area contributed by atoms with Gasteiger partial charge in [0.1, 0.15) is 6.04 Å². The molecule has 1 aromatic carbocycles. The van der Waals surface area contributed by atoms with Gasteiger partial charge in [0, 0.05) is 25.3 Å². The van der Waals surface area contributed by atoms with Crippen LogP contribution in [-0.2, 0) is 0 Å². The van der Waals surface area contributed by atoms with Gasteiger partial charge in [0.2, 0.25) is 0 Å². The second kappa shape index (κ2) is 6.27. The SMILES string of the molecule is Cc1ccc(N(C)CC(C#N)NC(C)C)cc1. The van der Waals surface area contributed by atoms with E-state index < -0.39 is 0 Å². The molecule has 0 heterocycles. The van der Waals surface area contributed by atoms with E-state index in [4.69, 9.17) is 5.26 Å². The van der Waals surface area contributed by atoms with E-state index in [-0.39, 0.29) is 6.04 Å². The van der Waals surface area contributed by atoms with Crippen molar-refractivity contribution in [2.24, 2.45) is 0 Å². The van der Waals surface area contributed by atoms with Crippen molar-refractivity contribution in [3.8, 4) is 6.07 Å². The third kappa shape index (κ3) is 4.46. The number of likely N-dealkylation sites (N-methyl/N-ethyl adjacent to an activating group) is 1. The molecular weight excluding hydrogens is 210 g/mol. The predicted octanol–water partition coefficient (Wildman–Crippen LogP) is 2.32. The summed E-state index contributed by atoms with van der Waals surface area (Å²) in [7, 11) is 2.01. The Hall–Kier alpha value is -1.53. The summed E-state index contributed by atoms with van der Waals surface area (Å²) in [6.07, 6.45) is 0. The van der Waals surface area contributed by atoms with Gasteiger partial charge in [0.25, 0.3) is 0 Å². The highest BCUT2D eigenvalue weighted by atomic mass is 15.1. The minimum Gasteiger partial charge on any atom is -0.372 e. The minimum atomic E-state index is -0.138. The van der Waals surface area contributed by atoms with Crippen LogP contribution in [0.5, 0.6) is 0 Å². The molecule has 0 radical (unpaired) electrons. The molecule has 0 aromatic heterocycles. The number of hydrogen-bond acceptors (Lipinski definition) is 3. The second-order valence-electron chi connectivity index (χ2n) is 4.72. The summed E-state index contributed by atoms with van der Waals surface area (Å²) >= 11 is 0. The molecule has 0 amide bonds. The lowest BCUT2D eigenvalue weighted by Crippen LogP contribution is -2.41. The van der Waals surface area contributed by atoms with Crippen LogP contribution in [0.3, 0.4) is 0 Å². The Morgan fingerprint density at radius 1 is 1.29 bits per heavy atom. The average Bonchev–Trinajstić information content (AvgIpc) is 2.28. The van der Waals surface area contributed by atoms with Gasteiger partial charge in [-0.1, -0.05) is 17.7 Å². The lowest BCUT2D eigenvalue weighted by atomic mass is 10.2. The fourth-order valence-electron chi connectivity index (χ4n) is 1.71. The van der Waals surface area contributed by atoms with Crippen LogP contribution < -0.4 is 10.2 Å². The van der Waals surface area contributed by atoms with E-state index in [0.717, 1.165) is 5.69 Å². The van der Waals surface area contributed by atoms with E-state index in [1.54, 1.807) is 0 Å². The first-order valence-corrected chi connectivity index (χ1v) is 5.96. The Balaban J connectivity index is 2.61. The molecule has 0 saturated heterocycles. The second-order valence-corrected chi connectivity index (χ2v) is 4.72. The molecule has 0 bridgehead atoms. The number of nitrogens with one attached hydrogen (secondary N) is 1. The van der Waals surface area contributed by atoms with Gasteiger partial charge in [0.15, 0.2) is 0 Å². The molecule has 1 atom stereocenters. The summed E-state index contributed by atoms with van der Waals surface area (Å²) in [6, 6.07) is 10.8. The Bertz CT molecular complexity index is 375. The van der Waals surface area contributed by atoms with Gasteiger partial charge < -0.3 is 4.90 Å². The molecule has 92 valence electrons. The van der Waals surface area contributed by atoms with E-state index in [1.165, 1.54) is 5.56 Å². The van der Waals surface area contributed by atoms with Crippen molar-refractivity contribution in [3.05, 3.63) is 29.8 Å². The number of nitrogens with zero attached hydrogens (tertiary/aromatic N) is 2. The highest BCUT2D eigenvalue weighted by molar-refractivity contribution is 5.47. The number of aryl methyl sites for hydroxylation is 1. The number of nitriles is 1. The van der Waals surface area contributed by atoms with Crippen molar-refractivity contribution in [3.63, 3.8) is 0 Å². The maximum absolute atomic E-state index is 9.08. The Kier molecular flexibility index (Phi) is 4.99. The summed E-state index contributed by atoms with van der Waals surface area (Å²) in [5.41, 5.74) is 2.39. The van der Waals surface area contributed by atoms with Gasteiger partial charge in [0.05, 0.1) is 6.07 Å². The van der Waals surface area contributed by atoms with Crippen molar-refractivity contribution in [2.75, 3.05) is 18.5 Å². The molecule has 1 N–H and O–H groups in total. The Morgan fingerprint density at radius 2 is 1.88 bits per heavy atom. The molecule has 1 unspecified atom stereocenters. The van der Waals surface area contributed by atoms with Crippen LogP contribution in [0.15, 0.2) is 24.3 Å². The molecule has 3 nitrogen and oxygen atoms in total. The predicted molar refractivity (Wildman–Crippen MR) is 72.1 cm³/mol.